The first-order chi connectivity index (χ1) is 6.26. The second-order valence-electron chi connectivity index (χ2n) is 4.02. The molecule has 0 spiro atoms. The van der Waals surface area contributed by atoms with E-state index in [4.69, 9.17) is 5.26 Å². The van der Waals surface area contributed by atoms with Gasteiger partial charge in [0.15, 0.2) is 0 Å². The fourth-order valence-electron chi connectivity index (χ4n) is 1.83. The van der Waals surface area contributed by atoms with Crippen molar-refractivity contribution in [3.8, 4) is 6.07 Å². The third kappa shape index (κ3) is 3.58. The Kier molecular flexibility index (Phi) is 4.61. The number of rotatable bonds is 3. The third-order valence-corrected chi connectivity index (χ3v) is 3.19. The fourth-order valence-corrected chi connectivity index (χ4v) is 1.94. The van der Waals surface area contributed by atoms with E-state index in [1.54, 1.807) is 0 Å². The first-order valence-electron chi connectivity index (χ1n) is 4.99. The summed E-state index contributed by atoms with van der Waals surface area (Å²) in [5.41, 5.74) is 0. The van der Waals surface area contributed by atoms with E-state index in [1.807, 2.05) is 0 Å². The molecule has 0 aliphatic carbocycles. The second-order valence-corrected chi connectivity index (χ2v) is 4.38. The minimum atomic E-state index is 0.265. The van der Waals surface area contributed by atoms with E-state index in [-0.39, 0.29) is 5.92 Å². The van der Waals surface area contributed by atoms with Crippen molar-refractivity contribution in [2.24, 2.45) is 11.8 Å². The molecule has 3 heteroatoms. The van der Waals surface area contributed by atoms with Crippen LogP contribution < -0.4 is 0 Å². The number of nitriles is 1. The molecule has 0 amide bonds. The lowest BCUT2D eigenvalue weighted by Gasteiger charge is -2.31. The average molecular weight is 198 g/mol. The maximum Gasteiger partial charge on any atom is 0.0669 e. The molecule has 1 aliphatic rings. The average Bonchev–Trinajstić information content (AvgIpc) is 2.18. The quantitative estimate of drug-likeness (QED) is 0.700. The molecule has 1 rings (SSSR count). The highest BCUT2D eigenvalue weighted by molar-refractivity contribution is 7.80. The van der Waals surface area contributed by atoms with Gasteiger partial charge in [0, 0.05) is 13.1 Å². The SMILES string of the molecule is CC(CS)CN1CCCC(C#N)C1. The number of likely N-dealkylation sites (tertiary alicyclic amines) is 1. The summed E-state index contributed by atoms with van der Waals surface area (Å²) in [6, 6.07) is 2.36. The zero-order valence-electron chi connectivity index (χ0n) is 8.24. The Balaban J connectivity index is 2.30. The van der Waals surface area contributed by atoms with Gasteiger partial charge in [-0.05, 0) is 31.1 Å². The highest BCUT2D eigenvalue weighted by atomic mass is 32.1. The summed E-state index contributed by atoms with van der Waals surface area (Å²) < 4.78 is 0. The predicted octanol–water partition coefficient (Wildman–Crippen LogP) is 1.79. The molecule has 0 radical (unpaired) electrons. The lowest BCUT2D eigenvalue weighted by molar-refractivity contribution is 0.182. The predicted molar refractivity (Wildman–Crippen MR) is 57.8 cm³/mol. The molecule has 0 aromatic rings. The molecule has 0 aromatic heterocycles. The number of thiol groups is 1. The van der Waals surface area contributed by atoms with Gasteiger partial charge in [0.05, 0.1) is 12.0 Å². The van der Waals surface area contributed by atoms with Gasteiger partial charge in [-0.1, -0.05) is 6.92 Å². The van der Waals surface area contributed by atoms with Crippen LogP contribution in [0, 0.1) is 23.2 Å². The van der Waals surface area contributed by atoms with Gasteiger partial charge in [0.1, 0.15) is 0 Å². The lowest BCUT2D eigenvalue weighted by Crippen LogP contribution is -2.37. The van der Waals surface area contributed by atoms with Gasteiger partial charge < -0.3 is 4.90 Å². The Morgan fingerprint density at radius 3 is 3.08 bits per heavy atom. The Labute approximate surface area is 86.3 Å². The molecule has 0 bridgehead atoms. The summed E-state index contributed by atoms with van der Waals surface area (Å²) in [4.78, 5) is 2.40. The number of hydrogen-bond acceptors (Lipinski definition) is 3. The van der Waals surface area contributed by atoms with E-state index >= 15 is 0 Å². The van der Waals surface area contributed by atoms with E-state index in [2.05, 4.69) is 30.5 Å². The monoisotopic (exact) mass is 198 g/mol. The van der Waals surface area contributed by atoms with Crippen molar-refractivity contribution in [1.29, 1.82) is 5.26 Å². The van der Waals surface area contributed by atoms with Crippen LogP contribution in [0.4, 0.5) is 0 Å². The van der Waals surface area contributed by atoms with Crippen LogP contribution in [0.15, 0.2) is 0 Å². The Bertz CT molecular complexity index is 188. The Hall–Kier alpha value is -0.200. The maximum atomic E-state index is 8.81. The van der Waals surface area contributed by atoms with Crippen LogP contribution in [0.5, 0.6) is 0 Å². The van der Waals surface area contributed by atoms with E-state index in [0.29, 0.717) is 5.92 Å². The molecule has 1 saturated heterocycles. The van der Waals surface area contributed by atoms with Gasteiger partial charge in [-0.3, -0.25) is 0 Å². The van der Waals surface area contributed by atoms with Crippen LogP contribution in [0.1, 0.15) is 19.8 Å². The molecule has 2 nitrogen and oxygen atoms in total. The molecule has 2 atom stereocenters. The van der Waals surface area contributed by atoms with Gasteiger partial charge in [0.2, 0.25) is 0 Å². The van der Waals surface area contributed by atoms with Crippen LogP contribution in [0.3, 0.4) is 0 Å². The van der Waals surface area contributed by atoms with E-state index in [9.17, 15) is 0 Å². The molecule has 1 aliphatic heterocycles. The van der Waals surface area contributed by atoms with Crippen molar-refractivity contribution in [2.45, 2.75) is 19.8 Å². The summed E-state index contributed by atoms with van der Waals surface area (Å²) in [5.74, 6) is 1.84. The molecule has 74 valence electrons. The summed E-state index contributed by atoms with van der Waals surface area (Å²) in [7, 11) is 0. The first-order valence-corrected chi connectivity index (χ1v) is 5.62. The molecule has 2 unspecified atom stereocenters. The van der Waals surface area contributed by atoms with Gasteiger partial charge in [0.25, 0.3) is 0 Å². The van der Waals surface area contributed by atoms with Gasteiger partial charge in [-0.2, -0.15) is 17.9 Å². The zero-order valence-corrected chi connectivity index (χ0v) is 9.13. The minimum absolute atomic E-state index is 0.265. The van der Waals surface area contributed by atoms with Crippen LogP contribution in [0.2, 0.25) is 0 Å². The summed E-state index contributed by atoms with van der Waals surface area (Å²) in [6.07, 6.45) is 2.26. The molecule has 1 fully saturated rings. The molecule has 0 aromatic carbocycles. The van der Waals surface area contributed by atoms with Crippen molar-refractivity contribution in [3.05, 3.63) is 0 Å². The van der Waals surface area contributed by atoms with Gasteiger partial charge >= 0.3 is 0 Å². The van der Waals surface area contributed by atoms with Gasteiger partial charge in [-0.25, -0.2) is 0 Å². The Morgan fingerprint density at radius 2 is 2.46 bits per heavy atom. The highest BCUT2D eigenvalue weighted by Crippen LogP contribution is 2.16. The number of hydrogen-bond donors (Lipinski definition) is 1. The highest BCUT2D eigenvalue weighted by Gasteiger charge is 2.20. The second kappa shape index (κ2) is 5.51. The van der Waals surface area contributed by atoms with E-state index in [0.717, 1.165) is 31.8 Å². The van der Waals surface area contributed by atoms with Crippen molar-refractivity contribution >= 4 is 12.6 Å². The van der Waals surface area contributed by atoms with Crippen molar-refractivity contribution in [1.82, 2.24) is 4.90 Å². The van der Waals surface area contributed by atoms with Crippen LogP contribution >= 0.6 is 12.6 Å². The van der Waals surface area contributed by atoms with Crippen molar-refractivity contribution in [3.63, 3.8) is 0 Å². The zero-order chi connectivity index (χ0) is 9.68. The normalized spacial score (nSPS) is 26.7. The van der Waals surface area contributed by atoms with Crippen molar-refractivity contribution in [2.75, 3.05) is 25.4 Å². The summed E-state index contributed by atoms with van der Waals surface area (Å²) in [6.45, 7) is 5.44. The molecule has 1 heterocycles. The first kappa shape index (κ1) is 10.9. The van der Waals surface area contributed by atoms with E-state index < -0.39 is 0 Å². The lowest BCUT2D eigenvalue weighted by atomic mass is 9.99. The van der Waals surface area contributed by atoms with E-state index in [1.165, 1.54) is 6.42 Å². The molecular weight excluding hydrogens is 180 g/mol. The molecular formula is C10H18N2S. The number of nitrogens with zero attached hydrogens (tertiary/aromatic N) is 2. The largest absolute Gasteiger partial charge is 0.302 e. The third-order valence-electron chi connectivity index (χ3n) is 2.57. The topological polar surface area (TPSA) is 27.0 Å². The van der Waals surface area contributed by atoms with Crippen molar-refractivity contribution < 1.29 is 0 Å². The molecule has 13 heavy (non-hydrogen) atoms. The molecule has 0 saturated carbocycles. The summed E-state index contributed by atoms with van der Waals surface area (Å²) >= 11 is 4.27. The number of piperidine rings is 1. The van der Waals surface area contributed by atoms with Crippen LogP contribution in [-0.2, 0) is 0 Å². The standard InChI is InChI=1S/C10H18N2S/c1-9(8-13)6-12-4-2-3-10(5-11)7-12/h9-10,13H,2-4,6-8H2,1H3. The fraction of sp³-hybridized carbons (Fsp3) is 0.900. The van der Waals surface area contributed by atoms with Crippen LogP contribution in [-0.4, -0.2) is 30.3 Å². The maximum absolute atomic E-state index is 8.81. The minimum Gasteiger partial charge on any atom is -0.302 e. The Morgan fingerprint density at radius 1 is 1.69 bits per heavy atom. The summed E-state index contributed by atoms with van der Waals surface area (Å²) in [5, 5.41) is 8.81. The molecule has 0 N–H and O–H groups in total. The smallest absolute Gasteiger partial charge is 0.0669 e. The van der Waals surface area contributed by atoms with Crippen LogP contribution in [0.25, 0.3) is 0 Å². The van der Waals surface area contributed by atoms with Gasteiger partial charge in [-0.15, -0.1) is 0 Å².